The molecule has 1 unspecified atom stereocenters. The first-order valence-electron chi connectivity index (χ1n) is 11.9. The minimum absolute atomic E-state index is 0.186. The van der Waals surface area contributed by atoms with Crippen molar-refractivity contribution < 1.29 is 13.9 Å². The second kappa shape index (κ2) is 11.2. The summed E-state index contributed by atoms with van der Waals surface area (Å²) in [4.78, 5) is 11.9. The van der Waals surface area contributed by atoms with Gasteiger partial charge in [0.2, 0.25) is 0 Å². The Morgan fingerprint density at radius 2 is 1.67 bits per heavy atom. The Morgan fingerprint density at radius 3 is 2.33 bits per heavy atom. The number of carbonyl (C=O) groups excluding carboxylic acids is 1. The highest BCUT2D eigenvalue weighted by Gasteiger charge is 2.18. The van der Waals surface area contributed by atoms with Gasteiger partial charge in [-0.1, -0.05) is 60.7 Å². The zero-order chi connectivity index (χ0) is 25.5. The van der Waals surface area contributed by atoms with Gasteiger partial charge in [-0.25, -0.2) is 9.18 Å². The monoisotopic (exact) mass is 486 g/mol. The number of H-pyrrole nitrogens is 1. The normalized spacial score (nSPS) is 12.2. The van der Waals surface area contributed by atoms with E-state index in [2.05, 4.69) is 20.8 Å². The van der Waals surface area contributed by atoms with Crippen molar-refractivity contribution in [3.63, 3.8) is 0 Å². The summed E-state index contributed by atoms with van der Waals surface area (Å²) in [7, 11) is 0. The maximum Gasteiger partial charge on any atom is 0.407 e. The maximum absolute atomic E-state index is 14.9. The number of carbonyl (C=O) groups is 1. The Balaban J connectivity index is 1.51. The highest BCUT2D eigenvalue weighted by atomic mass is 19.1. The third kappa shape index (κ3) is 6.58. The molecule has 4 aromatic rings. The summed E-state index contributed by atoms with van der Waals surface area (Å²) < 4.78 is 20.2. The molecule has 4 rings (SSSR count). The molecule has 186 valence electrons. The van der Waals surface area contributed by atoms with Crippen molar-refractivity contribution in [2.24, 2.45) is 0 Å². The van der Waals surface area contributed by atoms with Crippen molar-refractivity contribution in [1.82, 2.24) is 20.8 Å². The number of halogens is 1. The second-order valence-corrected chi connectivity index (χ2v) is 9.61. The van der Waals surface area contributed by atoms with E-state index in [4.69, 9.17) is 4.74 Å². The quantitative estimate of drug-likeness (QED) is 0.264. The summed E-state index contributed by atoms with van der Waals surface area (Å²) in [6.45, 7) is 6.27. The number of aromatic amines is 1. The van der Waals surface area contributed by atoms with Gasteiger partial charge in [0, 0.05) is 29.4 Å². The zero-order valence-electron chi connectivity index (χ0n) is 20.7. The zero-order valence-corrected chi connectivity index (χ0v) is 20.7. The minimum atomic E-state index is -0.466. The lowest BCUT2D eigenvalue weighted by Crippen LogP contribution is -2.41. The molecule has 1 aromatic heterocycles. The van der Waals surface area contributed by atoms with Gasteiger partial charge in [0.1, 0.15) is 12.4 Å². The van der Waals surface area contributed by atoms with E-state index in [-0.39, 0.29) is 24.0 Å². The second-order valence-electron chi connectivity index (χ2n) is 9.61. The van der Waals surface area contributed by atoms with Gasteiger partial charge < -0.3 is 15.4 Å². The van der Waals surface area contributed by atoms with E-state index in [9.17, 15) is 9.18 Å². The van der Waals surface area contributed by atoms with Crippen LogP contribution in [-0.4, -0.2) is 35.0 Å². The number of hydrogen-bond donors (Lipinski definition) is 3. The van der Waals surface area contributed by atoms with E-state index in [1.165, 1.54) is 6.07 Å². The molecule has 36 heavy (non-hydrogen) atoms. The van der Waals surface area contributed by atoms with E-state index < -0.39 is 6.09 Å². The van der Waals surface area contributed by atoms with Crippen molar-refractivity contribution in [3.05, 3.63) is 102 Å². The highest BCUT2D eigenvalue weighted by molar-refractivity contribution is 5.71. The average molecular weight is 487 g/mol. The molecule has 0 saturated heterocycles. The minimum Gasteiger partial charge on any atom is -0.448 e. The van der Waals surface area contributed by atoms with Crippen molar-refractivity contribution in [1.29, 1.82) is 0 Å². The lowest BCUT2D eigenvalue weighted by atomic mass is 9.95. The van der Waals surface area contributed by atoms with Crippen LogP contribution in [0, 0.1) is 5.82 Å². The molecule has 0 saturated carbocycles. The number of benzene rings is 3. The van der Waals surface area contributed by atoms with E-state index >= 15 is 0 Å². The van der Waals surface area contributed by atoms with Crippen LogP contribution in [0.1, 0.15) is 37.9 Å². The van der Waals surface area contributed by atoms with Crippen LogP contribution in [0.3, 0.4) is 0 Å². The van der Waals surface area contributed by atoms with Gasteiger partial charge in [0.15, 0.2) is 0 Å². The molecule has 0 aliphatic heterocycles. The molecular formula is C29H31FN4O2. The van der Waals surface area contributed by atoms with E-state index in [1.54, 1.807) is 18.5 Å². The summed E-state index contributed by atoms with van der Waals surface area (Å²) in [5.41, 5.74) is 4.90. The van der Waals surface area contributed by atoms with E-state index in [0.29, 0.717) is 12.1 Å². The SMILES string of the molecule is CC(C)(C)NC(=O)OCCNC(c1cn[nH]c1)c1ccc(F)c(-c2ccc(-c3ccccc3)cc2)c1. The first-order chi connectivity index (χ1) is 17.3. The van der Waals surface area contributed by atoms with Crippen molar-refractivity contribution >= 4 is 6.09 Å². The van der Waals surface area contributed by atoms with Crippen LogP contribution in [-0.2, 0) is 4.74 Å². The van der Waals surface area contributed by atoms with Crippen molar-refractivity contribution in [3.8, 4) is 22.3 Å². The van der Waals surface area contributed by atoms with Gasteiger partial charge in [0.25, 0.3) is 0 Å². The van der Waals surface area contributed by atoms with E-state index in [0.717, 1.165) is 27.8 Å². The molecule has 0 aliphatic rings. The number of aromatic nitrogens is 2. The van der Waals surface area contributed by atoms with Crippen LogP contribution >= 0.6 is 0 Å². The molecule has 1 amide bonds. The Labute approximate surface area is 210 Å². The lowest BCUT2D eigenvalue weighted by Gasteiger charge is -2.21. The maximum atomic E-state index is 14.9. The standard InChI is InChI=1S/C29H31FN4O2/c1-29(2,3)34-28(35)36-16-15-31-27(24-18-32-33-19-24)23-13-14-26(30)25(17-23)22-11-9-21(10-12-22)20-7-5-4-6-8-20/h4-14,17-19,27,31H,15-16H2,1-3H3,(H,32,33)(H,34,35). The Bertz CT molecular complexity index is 1270. The van der Waals surface area contributed by atoms with Crippen LogP contribution in [0.15, 0.2) is 85.2 Å². The largest absolute Gasteiger partial charge is 0.448 e. The molecule has 0 spiro atoms. The third-order valence-electron chi connectivity index (χ3n) is 5.64. The average Bonchev–Trinajstić information content (AvgIpc) is 3.39. The predicted octanol–water partition coefficient (Wildman–Crippen LogP) is 6.09. The molecule has 1 heterocycles. The summed E-state index contributed by atoms with van der Waals surface area (Å²) in [5.74, 6) is -0.292. The van der Waals surface area contributed by atoms with Crippen LogP contribution < -0.4 is 10.6 Å². The number of rotatable bonds is 8. The van der Waals surface area contributed by atoms with Gasteiger partial charge in [0.05, 0.1) is 12.2 Å². The Morgan fingerprint density at radius 1 is 0.972 bits per heavy atom. The summed E-state index contributed by atoms with van der Waals surface area (Å²) in [6.07, 6.45) is 3.05. The van der Waals surface area contributed by atoms with Gasteiger partial charge in [-0.05, 0) is 55.2 Å². The lowest BCUT2D eigenvalue weighted by molar-refractivity contribution is 0.137. The molecule has 0 bridgehead atoms. The fraction of sp³-hybridized carbons (Fsp3) is 0.241. The van der Waals surface area contributed by atoms with Crippen molar-refractivity contribution in [2.45, 2.75) is 32.4 Å². The molecule has 3 aromatic carbocycles. The topological polar surface area (TPSA) is 79.0 Å². The molecule has 0 aliphatic carbocycles. The summed E-state index contributed by atoms with van der Waals surface area (Å²) in [6, 6.07) is 22.8. The number of amides is 1. The number of nitrogens with one attached hydrogen (secondary N) is 3. The molecule has 1 atom stereocenters. The number of nitrogens with zero attached hydrogens (tertiary/aromatic N) is 1. The van der Waals surface area contributed by atoms with Crippen LogP contribution in [0.25, 0.3) is 22.3 Å². The molecule has 0 fully saturated rings. The Hall–Kier alpha value is -3.97. The smallest absolute Gasteiger partial charge is 0.407 e. The van der Waals surface area contributed by atoms with Crippen LogP contribution in [0.2, 0.25) is 0 Å². The van der Waals surface area contributed by atoms with E-state index in [1.807, 2.05) is 81.4 Å². The number of alkyl carbamates (subject to hydrolysis) is 1. The fourth-order valence-corrected chi connectivity index (χ4v) is 3.95. The third-order valence-corrected chi connectivity index (χ3v) is 5.64. The predicted molar refractivity (Wildman–Crippen MR) is 140 cm³/mol. The van der Waals surface area contributed by atoms with Gasteiger partial charge in [-0.2, -0.15) is 5.10 Å². The van der Waals surface area contributed by atoms with Crippen LogP contribution in [0.4, 0.5) is 9.18 Å². The molecule has 0 radical (unpaired) electrons. The number of ether oxygens (including phenoxy) is 1. The molecule has 7 heteroatoms. The Kier molecular flexibility index (Phi) is 7.80. The first-order valence-corrected chi connectivity index (χ1v) is 11.9. The molecule has 6 nitrogen and oxygen atoms in total. The first kappa shape index (κ1) is 25.1. The summed E-state index contributed by atoms with van der Waals surface area (Å²) >= 11 is 0. The fourth-order valence-electron chi connectivity index (χ4n) is 3.95. The van der Waals surface area contributed by atoms with Gasteiger partial charge in [-0.3, -0.25) is 5.10 Å². The van der Waals surface area contributed by atoms with Crippen LogP contribution in [0.5, 0.6) is 0 Å². The highest BCUT2D eigenvalue weighted by Crippen LogP contribution is 2.30. The van der Waals surface area contributed by atoms with Crippen molar-refractivity contribution in [2.75, 3.05) is 13.2 Å². The molecule has 3 N–H and O–H groups in total. The van der Waals surface area contributed by atoms with Gasteiger partial charge >= 0.3 is 6.09 Å². The summed E-state index contributed by atoms with van der Waals surface area (Å²) in [5, 5.41) is 13.1. The molecular weight excluding hydrogens is 455 g/mol. The van der Waals surface area contributed by atoms with Gasteiger partial charge in [-0.15, -0.1) is 0 Å². The number of hydrogen-bond acceptors (Lipinski definition) is 4.